The Morgan fingerprint density at radius 2 is 1.90 bits per heavy atom. The zero-order chi connectivity index (χ0) is 7.72. The largest absolute Gasteiger partial charge is 0.299 e. The van der Waals surface area contributed by atoms with Crippen LogP contribution in [-0.2, 0) is 9.59 Å². The molecule has 1 fully saturated rings. The summed E-state index contributed by atoms with van der Waals surface area (Å²) in [5, 5.41) is -0.530. The second kappa shape index (κ2) is 2.96. The van der Waals surface area contributed by atoms with Crippen molar-refractivity contribution in [3.8, 4) is 0 Å². The van der Waals surface area contributed by atoms with Crippen molar-refractivity contribution < 1.29 is 9.59 Å². The monoisotopic (exact) mass is 176 g/mol. The van der Waals surface area contributed by atoms with Gasteiger partial charge in [-0.3, -0.25) is 9.59 Å². The van der Waals surface area contributed by atoms with Crippen molar-refractivity contribution in [3.63, 3.8) is 0 Å². The van der Waals surface area contributed by atoms with Crippen LogP contribution in [0, 0.1) is 0 Å². The Labute approximate surface area is 70.2 Å². The van der Waals surface area contributed by atoms with E-state index in [0.29, 0.717) is 6.42 Å². The van der Waals surface area contributed by atoms with Crippen molar-refractivity contribution in [2.45, 2.75) is 23.3 Å². The van der Waals surface area contributed by atoms with Crippen LogP contribution in [0.2, 0.25) is 0 Å². The maximum atomic E-state index is 10.9. The fourth-order valence-electron chi connectivity index (χ4n) is 0.931. The van der Waals surface area contributed by atoms with Gasteiger partial charge in [0, 0.05) is 11.7 Å². The highest BCUT2D eigenvalue weighted by atomic mass is 32.1. The summed E-state index contributed by atoms with van der Waals surface area (Å²) in [4.78, 5) is 21.6. The van der Waals surface area contributed by atoms with Gasteiger partial charge in [-0.25, -0.2) is 0 Å². The molecule has 10 heavy (non-hydrogen) atoms. The summed E-state index contributed by atoms with van der Waals surface area (Å²) in [5.41, 5.74) is 0. The molecule has 2 nitrogen and oxygen atoms in total. The van der Waals surface area contributed by atoms with Crippen molar-refractivity contribution in [3.05, 3.63) is 0 Å². The van der Waals surface area contributed by atoms with Crippen molar-refractivity contribution in [1.82, 2.24) is 0 Å². The first-order valence-electron chi connectivity index (χ1n) is 3.02. The van der Waals surface area contributed by atoms with E-state index in [4.69, 9.17) is 0 Å². The molecular formula is C6H8O2S2. The Morgan fingerprint density at radius 1 is 1.30 bits per heavy atom. The van der Waals surface area contributed by atoms with E-state index in [1.54, 1.807) is 0 Å². The Bertz CT molecular complexity index is 179. The summed E-state index contributed by atoms with van der Waals surface area (Å²) in [6.45, 7) is 0. The summed E-state index contributed by atoms with van der Waals surface area (Å²) < 4.78 is 0. The van der Waals surface area contributed by atoms with Crippen molar-refractivity contribution in [2.24, 2.45) is 0 Å². The number of hydrogen-bond donors (Lipinski definition) is 2. The highest BCUT2D eigenvalue weighted by Gasteiger charge is 2.30. The van der Waals surface area contributed by atoms with E-state index in [9.17, 15) is 9.59 Å². The Hall–Kier alpha value is 0.0400. The van der Waals surface area contributed by atoms with Crippen molar-refractivity contribution in [1.29, 1.82) is 0 Å². The Morgan fingerprint density at radius 3 is 2.40 bits per heavy atom. The highest BCUT2D eigenvalue weighted by Crippen LogP contribution is 2.21. The molecule has 0 amide bonds. The third-order valence-electron chi connectivity index (χ3n) is 1.50. The zero-order valence-corrected chi connectivity index (χ0v) is 7.07. The summed E-state index contributed by atoms with van der Waals surface area (Å²) in [7, 11) is 0. The highest BCUT2D eigenvalue weighted by molar-refractivity contribution is 7.85. The lowest BCUT2D eigenvalue weighted by molar-refractivity contribution is -0.128. The summed E-state index contributed by atoms with van der Waals surface area (Å²) in [6.07, 6.45) is 0.425. The first kappa shape index (κ1) is 8.14. The van der Waals surface area contributed by atoms with Crippen molar-refractivity contribution >= 4 is 36.8 Å². The lowest BCUT2D eigenvalue weighted by atomic mass is 9.97. The first-order valence-corrected chi connectivity index (χ1v) is 4.05. The number of ketones is 2. The standard InChI is InChI=1S/C6H8O2S2/c7-3-1-4(8)6(10)5(9)2-3/h5-6,9-10H,1-2H2. The van der Waals surface area contributed by atoms with Gasteiger partial charge >= 0.3 is 0 Å². The lowest BCUT2D eigenvalue weighted by Crippen LogP contribution is -2.34. The van der Waals surface area contributed by atoms with E-state index in [2.05, 4.69) is 25.3 Å². The number of thiol groups is 2. The van der Waals surface area contributed by atoms with Gasteiger partial charge in [-0.2, -0.15) is 25.3 Å². The van der Waals surface area contributed by atoms with E-state index in [-0.39, 0.29) is 28.5 Å². The fourth-order valence-corrected chi connectivity index (χ4v) is 1.50. The smallest absolute Gasteiger partial charge is 0.154 e. The normalized spacial score (nSPS) is 34.6. The Kier molecular flexibility index (Phi) is 2.41. The number of carbonyl (C=O) groups is 2. The molecule has 0 radical (unpaired) electrons. The number of rotatable bonds is 0. The van der Waals surface area contributed by atoms with E-state index in [0.717, 1.165) is 0 Å². The zero-order valence-electron chi connectivity index (χ0n) is 5.28. The molecule has 4 heteroatoms. The Balaban J connectivity index is 2.66. The van der Waals surface area contributed by atoms with Crippen LogP contribution in [0.1, 0.15) is 12.8 Å². The SMILES string of the molecule is O=C1CC(=O)C(S)C(S)C1. The molecule has 1 rings (SSSR count). The molecule has 0 bridgehead atoms. The first-order chi connectivity index (χ1) is 4.61. The third-order valence-corrected chi connectivity index (χ3v) is 2.87. The van der Waals surface area contributed by atoms with Crippen LogP contribution in [0.3, 0.4) is 0 Å². The van der Waals surface area contributed by atoms with Gasteiger partial charge in [-0.15, -0.1) is 0 Å². The molecule has 1 saturated carbocycles. The van der Waals surface area contributed by atoms with Crippen LogP contribution in [0.4, 0.5) is 0 Å². The minimum atomic E-state index is -0.346. The predicted octanol–water partition coefficient (Wildman–Crippen LogP) is 0.515. The van der Waals surface area contributed by atoms with Gasteiger partial charge in [0.05, 0.1) is 11.7 Å². The molecule has 0 aromatic heterocycles. The van der Waals surface area contributed by atoms with Crippen LogP contribution in [0.5, 0.6) is 0 Å². The van der Waals surface area contributed by atoms with Crippen LogP contribution < -0.4 is 0 Å². The van der Waals surface area contributed by atoms with Gasteiger partial charge in [-0.05, 0) is 0 Å². The molecule has 56 valence electrons. The number of Topliss-reactive ketones (excluding diaryl/α,β-unsaturated/α-hetero) is 2. The average Bonchev–Trinajstić information content (AvgIpc) is 1.82. The summed E-state index contributed by atoms with van der Waals surface area (Å²) in [6, 6.07) is 0. The molecule has 0 N–H and O–H groups in total. The van der Waals surface area contributed by atoms with E-state index < -0.39 is 0 Å². The maximum Gasteiger partial charge on any atom is 0.154 e. The predicted molar refractivity (Wildman–Crippen MR) is 44.8 cm³/mol. The molecule has 1 aliphatic carbocycles. The molecule has 0 aliphatic heterocycles. The van der Waals surface area contributed by atoms with Crippen LogP contribution >= 0.6 is 25.3 Å². The molecule has 0 spiro atoms. The van der Waals surface area contributed by atoms with Gasteiger partial charge in [0.15, 0.2) is 5.78 Å². The van der Waals surface area contributed by atoms with Gasteiger partial charge in [0.1, 0.15) is 5.78 Å². The quantitative estimate of drug-likeness (QED) is 0.417. The van der Waals surface area contributed by atoms with Gasteiger partial charge in [-0.1, -0.05) is 0 Å². The second-order valence-corrected chi connectivity index (χ2v) is 3.62. The second-order valence-electron chi connectivity index (χ2n) is 2.40. The topological polar surface area (TPSA) is 34.1 Å². The van der Waals surface area contributed by atoms with Gasteiger partial charge in [0.2, 0.25) is 0 Å². The van der Waals surface area contributed by atoms with E-state index in [1.165, 1.54) is 0 Å². The lowest BCUT2D eigenvalue weighted by Gasteiger charge is -2.20. The third kappa shape index (κ3) is 1.55. The van der Waals surface area contributed by atoms with Crippen LogP contribution in [0.15, 0.2) is 0 Å². The molecule has 2 atom stereocenters. The summed E-state index contributed by atoms with van der Waals surface area (Å²) in [5.74, 6) is -0.116. The van der Waals surface area contributed by atoms with Crippen LogP contribution in [-0.4, -0.2) is 22.1 Å². The fraction of sp³-hybridized carbons (Fsp3) is 0.667. The minimum absolute atomic E-state index is 0.0182. The van der Waals surface area contributed by atoms with E-state index >= 15 is 0 Å². The molecule has 0 aromatic carbocycles. The summed E-state index contributed by atoms with van der Waals surface area (Å²) >= 11 is 8.07. The molecule has 1 aliphatic rings. The van der Waals surface area contributed by atoms with E-state index in [1.807, 2.05) is 0 Å². The molecule has 0 aromatic rings. The van der Waals surface area contributed by atoms with Crippen LogP contribution in [0.25, 0.3) is 0 Å². The molecule has 2 unspecified atom stereocenters. The van der Waals surface area contributed by atoms with Crippen molar-refractivity contribution in [2.75, 3.05) is 0 Å². The number of hydrogen-bond acceptors (Lipinski definition) is 4. The molecule has 0 saturated heterocycles. The van der Waals surface area contributed by atoms with Gasteiger partial charge < -0.3 is 0 Å². The molecular weight excluding hydrogens is 168 g/mol. The van der Waals surface area contributed by atoms with Gasteiger partial charge in [0.25, 0.3) is 0 Å². The molecule has 0 heterocycles. The average molecular weight is 176 g/mol. The number of carbonyl (C=O) groups excluding carboxylic acids is 2. The maximum absolute atomic E-state index is 10.9. The minimum Gasteiger partial charge on any atom is -0.299 e.